The summed E-state index contributed by atoms with van der Waals surface area (Å²) in [6.45, 7) is 6.38. The predicted octanol–water partition coefficient (Wildman–Crippen LogP) is 4.66. The molecule has 1 aromatic carbocycles. The lowest BCUT2D eigenvalue weighted by Crippen LogP contribution is -2.32. The molecule has 1 rings (SSSR count). The molecule has 0 radical (unpaired) electrons. The molecule has 1 atom stereocenters. The van der Waals surface area contributed by atoms with Gasteiger partial charge in [0.15, 0.2) is 0 Å². The third-order valence-electron chi connectivity index (χ3n) is 2.73. The Labute approximate surface area is 122 Å². The smallest absolute Gasteiger partial charge is 0.253 e. The minimum absolute atomic E-state index is 0.113. The van der Waals surface area contributed by atoms with Crippen molar-refractivity contribution < 1.29 is 4.79 Å². The molecule has 1 aromatic rings. The van der Waals surface area contributed by atoms with Gasteiger partial charge < -0.3 is 5.32 Å². The quantitative estimate of drug-likeness (QED) is 0.835. The van der Waals surface area contributed by atoms with Crippen LogP contribution in [0.2, 0.25) is 5.02 Å². The van der Waals surface area contributed by atoms with Gasteiger partial charge in [-0.3, -0.25) is 4.79 Å². The Kier molecular flexibility index (Phi) is 6.16. The molecule has 1 amide bonds. The number of nitrogens with one attached hydrogen (secondary N) is 1. The monoisotopic (exact) mass is 331 g/mol. The molecule has 0 aliphatic heterocycles. The van der Waals surface area contributed by atoms with Gasteiger partial charge in [-0.15, -0.1) is 0 Å². The van der Waals surface area contributed by atoms with Crippen LogP contribution in [0.5, 0.6) is 0 Å². The van der Waals surface area contributed by atoms with Gasteiger partial charge in [-0.2, -0.15) is 0 Å². The summed E-state index contributed by atoms with van der Waals surface area (Å²) in [5, 5.41) is 3.45. The number of halogens is 2. The number of benzene rings is 1. The van der Waals surface area contributed by atoms with Gasteiger partial charge in [0.2, 0.25) is 0 Å². The van der Waals surface area contributed by atoms with Crippen LogP contribution in [0.25, 0.3) is 0 Å². The van der Waals surface area contributed by atoms with E-state index in [-0.39, 0.29) is 11.9 Å². The minimum Gasteiger partial charge on any atom is -0.350 e. The summed E-state index contributed by atoms with van der Waals surface area (Å²) in [5.41, 5.74) is 0.516. The highest BCUT2D eigenvalue weighted by Gasteiger charge is 2.13. The third kappa shape index (κ3) is 4.99. The van der Waals surface area contributed by atoms with E-state index in [1.54, 1.807) is 12.1 Å². The molecule has 0 saturated carbocycles. The second kappa shape index (κ2) is 7.15. The molecule has 18 heavy (non-hydrogen) atoms. The number of rotatable bonds is 5. The highest BCUT2D eigenvalue weighted by Crippen LogP contribution is 2.21. The molecular formula is C14H19BrClNO. The van der Waals surface area contributed by atoms with Crippen molar-refractivity contribution in [1.82, 2.24) is 5.32 Å². The number of carbonyl (C=O) groups is 1. The Morgan fingerprint density at radius 3 is 2.61 bits per heavy atom. The molecular weight excluding hydrogens is 314 g/mol. The van der Waals surface area contributed by atoms with E-state index in [0.29, 0.717) is 16.5 Å². The molecule has 100 valence electrons. The third-order valence-corrected chi connectivity index (χ3v) is 3.55. The Bertz CT molecular complexity index is 420. The molecule has 0 spiro atoms. The predicted molar refractivity (Wildman–Crippen MR) is 80.2 cm³/mol. The second-order valence-corrected chi connectivity index (χ2v) is 6.29. The van der Waals surface area contributed by atoms with Crippen molar-refractivity contribution in [1.29, 1.82) is 0 Å². The molecule has 2 nitrogen and oxygen atoms in total. The van der Waals surface area contributed by atoms with Crippen LogP contribution in [-0.2, 0) is 0 Å². The highest BCUT2D eigenvalue weighted by molar-refractivity contribution is 9.10. The summed E-state index contributed by atoms with van der Waals surface area (Å²) in [6.07, 6.45) is 2.09. The first kappa shape index (κ1) is 15.5. The van der Waals surface area contributed by atoms with E-state index >= 15 is 0 Å². The fourth-order valence-electron chi connectivity index (χ4n) is 1.63. The van der Waals surface area contributed by atoms with E-state index in [9.17, 15) is 4.79 Å². The summed E-state index contributed by atoms with van der Waals surface area (Å²) in [5.74, 6) is 0.538. The van der Waals surface area contributed by atoms with E-state index in [0.717, 1.165) is 17.3 Å². The SMILES string of the molecule is CC(C)CCC(C)NC(=O)c1cc(Br)ccc1Cl. The van der Waals surface area contributed by atoms with Gasteiger partial charge in [-0.25, -0.2) is 0 Å². The summed E-state index contributed by atoms with van der Waals surface area (Å²) in [6, 6.07) is 5.45. The summed E-state index contributed by atoms with van der Waals surface area (Å²) >= 11 is 9.36. The van der Waals surface area contributed by atoms with E-state index in [2.05, 4.69) is 35.1 Å². The Hall–Kier alpha value is -0.540. The average molecular weight is 333 g/mol. The molecule has 0 aromatic heterocycles. The van der Waals surface area contributed by atoms with Gasteiger partial charge in [-0.1, -0.05) is 41.4 Å². The largest absolute Gasteiger partial charge is 0.350 e. The van der Waals surface area contributed by atoms with Gasteiger partial charge in [-0.05, 0) is 43.9 Å². The fourth-order valence-corrected chi connectivity index (χ4v) is 2.19. The van der Waals surface area contributed by atoms with Gasteiger partial charge in [0.05, 0.1) is 10.6 Å². The van der Waals surface area contributed by atoms with Crippen LogP contribution in [0.4, 0.5) is 0 Å². The van der Waals surface area contributed by atoms with Crippen molar-refractivity contribution in [3.05, 3.63) is 33.3 Å². The van der Waals surface area contributed by atoms with Crippen LogP contribution in [0.15, 0.2) is 22.7 Å². The maximum atomic E-state index is 12.1. The lowest BCUT2D eigenvalue weighted by atomic mass is 10.0. The van der Waals surface area contributed by atoms with Crippen molar-refractivity contribution in [2.24, 2.45) is 5.92 Å². The Balaban J connectivity index is 2.62. The van der Waals surface area contributed by atoms with Gasteiger partial charge >= 0.3 is 0 Å². The van der Waals surface area contributed by atoms with E-state index in [4.69, 9.17) is 11.6 Å². The van der Waals surface area contributed by atoms with Crippen LogP contribution < -0.4 is 5.32 Å². The summed E-state index contributed by atoms with van der Waals surface area (Å²) in [7, 11) is 0. The highest BCUT2D eigenvalue weighted by atomic mass is 79.9. The van der Waals surface area contributed by atoms with E-state index < -0.39 is 0 Å². The molecule has 0 aliphatic carbocycles. The maximum absolute atomic E-state index is 12.1. The normalized spacial score (nSPS) is 12.6. The number of amides is 1. The first-order valence-corrected chi connectivity index (χ1v) is 7.33. The van der Waals surface area contributed by atoms with Crippen LogP contribution in [-0.4, -0.2) is 11.9 Å². The standard InChI is InChI=1S/C14H19BrClNO/c1-9(2)4-5-10(3)17-14(18)12-8-11(15)6-7-13(12)16/h6-10H,4-5H2,1-3H3,(H,17,18). The van der Waals surface area contributed by atoms with Crippen molar-refractivity contribution in [3.8, 4) is 0 Å². The van der Waals surface area contributed by atoms with Gasteiger partial charge in [0, 0.05) is 10.5 Å². The zero-order valence-corrected chi connectivity index (χ0v) is 13.3. The van der Waals surface area contributed by atoms with Crippen molar-refractivity contribution in [2.45, 2.75) is 39.7 Å². The number of hydrogen-bond donors (Lipinski definition) is 1. The number of carbonyl (C=O) groups excluding carboxylic acids is 1. The zero-order chi connectivity index (χ0) is 13.7. The summed E-state index contributed by atoms with van der Waals surface area (Å²) < 4.78 is 0.854. The van der Waals surface area contributed by atoms with Gasteiger partial charge in [0.1, 0.15) is 0 Å². The molecule has 1 unspecified atom stereocenters. The second-order valence-electron chi connectivity index (χ2n) is 4.97. The lowest BCUT2D eigenvalue weighted by Gasteiger charge is -2.15. The first-order chi connectivity index (χ1) is 8.40. The van der Waals surface area contributed by atoms with Crippen molar-refractivity contribution in [2.75, 3.05) is 0 Å². The lowest BCUT2D eigenvalue weighted by molar-refractivity contribution is 0.0937. The van der Waals surface area contributed by atoms with Gasteiger partial charge in [0.25, 0.3) is 5.91 Å². The first-order valence-electron chi connectivity index (χ1n) is 6.16. The van der Waals surface area contributed by atoms with E-state index in [1.165, 1.54) is 0 Å². The van der Waals surface area contributed by atoms with Crippen molar-refractivity contribution >= 4 is 33.4 Å². The molecule has 4 heteroatoms. The maximum Gasteiger partial charge on any atom is 0.253 e. The number of hydrogen-bond acceptors (Lipinski definition) is 1. The van der Waals surface area contributed by atoms with E-state index in [1.807, 2.05) is 13.0 Å². The fraction of sp³-hybridized carbons (Fsp3) is 0.500. The summed E-state index contributed by atoms with van der Waals surface area (Å²) in [4.78, 5) is 12.1. The van der Waals surface area contributed by atoms with Crippen LogP contribution in [0.1, 0.15) is 44.0 Å². The van der Waals surface area contributed by atoms with Crippen molar-refractivity contribution in [3.63, 3.8) is 0 Å². The minimum atomic E-state index is -0.113. The molecule has 0 aliphatic rings. The molecule has 1 N–H and O–H groups in total. The average Bonchev–Trinajstić information content (AvgIpc) is 2.29. The molecule has 0 heterocycles. The Morgan fingerprint density at radius 1 is 1.33 bits per heavy atom. The Morgan fingerprint density at radius 2 is 2.00 bits per heavy atom. The topological polar surface area (TPSA) is 29.1 Å². The van der Waals surface area contributed by atoms with Crippen LogP contribution in [0, 0.1) is 5.92 Å². The molecule has 0 fully saturated rings. The van der Waals surface area contributed by atoms with Crippen LogP contribution >= 0.6 is 27.5 Å². The molecule has 0 saturated heterocycles. The zero-order valence-electron chi connectivity index (χ0n) is 11.0. The molecule has 0 bridgehead atoms. The van der Waals surface area contributed by atoms with Crippen LogP contribution in [0.3, 0.4) is 0 Å².